The summed E-state index contributed by atoms with van der Waals surface area (Å²) in [5.41, 5.74) is 5.12. The van der Waals surface area contributed by atoms with E-state index in [1.165, 1.54) is 0 Å². The Balaban J connectivity index is 1.68. The van der Waals surface area contributed by atoms with Gasteiger partial charge in [0.25, 0.3) is 0 Å². The summed E-state index contributed by atoms with van der Waals surface area (Å²) in [5.74, 6) is 0.00560. The third-order valence-corrected chi connectivity index (χ3v) is 4.02. The van der Waals surface area contributed by atoms with E-state index in [0.29, 0.717) is 19.4 Å². The van der Waals surface area contributed by atoms with E-state index in [1.807, 2.05) is 30.3 Å². The monoisotopic (exact) mass is 308 g/mol. The smallest absolute Gasteiger partial charge is 0.246 e. The van der Waals surface area contributed by atoms with Gasteiger partial charge in [0.15, 0.2) is 0 Å². The second kappa shape index (κ2) is 8.12. The maximum Gasteiger partial charge on any atom is 0.246 e. The van der Waals surface area contributed by atoms with Crippen molar-refractivity contribution in [2.75, 3.05) is 26.2 Å². The predicted molar refractivity (Wildman–Crippen MR) is 82.3 cm³/mol. The number of nitrogens with zero attached hydrogens (tertiary/aromatic N) is 1. The van der Waals surface area contributed by atoms with Gasteiger partial charge in [-0.05, 0) is 44.0 Å². The fraction of sp³-hybridized carbons (Fsp3) is 0.562. The molecule has 1 aromatic carbocycles. The molecule has 6 heteroatoms. The van der Waals surface area contributed by atoms with Gasteiger partial charge in [0.05, 0.1) is 0 Å². The number of carbonyl (C=O) groups excluding carboxylic acids is 1. The van der Waals surface area contributed by atoms with Gasteiger partial charge in [0.2, 0.25) is 5.91 Å². The Morgan fingerprint density at radius 1 is 1.27 bits per heavy atom. The van der Waals surface area contributed by atoms with Crippen molar-refractivity contribution in [2.45, 2.75) is 25.0 Å². The zero-order valence-corrected chi connectivity index (χ0v) is 12.6. The van der Waals surface area contributed by atoms with Gasteiger partial charge in [-0.15, -0.1) is 0 Å². The topological polar surface area (TPSA) is 96.0 Å². The van der Waals surface area contributed by atoms with Crippen LogP contribution in [-0.2, 0) is 4.79 Å². The zero-order valence-electron chi connectivity index (χ0n) is 12.6. The normalized spacial score (nSPS) is 19.5. The standard InChI is InChI=1S/C16H24N2O4/c17-16(21)15(20)12-6-8-18(9-7-12)10-13(19)11-22-14-4-2-1-3-5-14/h1-5,12-13,15,19-20H,6-11H2,(H2,17,21)/t13-,15+/m1/s1. The second-order valence-electron chi connectivity index (χ2n) is 5.76. The molecule has 1 fully saturated rings. The lowest BCUT2D eigenvalue weighted by molar-refractivity contribution is -0.129. The Hall–Kier alpha value is -1.63. The van der Waals surface area contributed by atoms with Gasteiger partial charge in [-0.2, -0.15) is 0 Å². The summed E-state index contributed by atoms with van der Waals surface area (Å²) in [7, 11) is 0. The van der Waals surface area contributed by atoms with Crippen LogP contribution in [0.15, 0.2) is 30.3 Å². The van der Waals surface area contributed by atoms with E-state index in [0.717, 1.165) is 18.8 Å². The van der Waals surface area contributed by atoms with Crippen LogP contribution in [0.5, 0.6) is 5.75 Å². The lowest BCUT2D eigenvalue weighted by Gasteiger charge is -2.34. The van der Waals surface area contributed by atoms with Crippen LogP contribution in [-0.4, -0.2) is 59.5 Å². The Labute approximate surface area is 130 Å². The molecule has 2 rings (SSSR count). The third kappa shape index (κ3) is 4.98. The van der Waals surface area contributed by atoms with Crippen molar-refractivity contribution in [3.8, 4) is 5.75 Å². The fourth-order valence-corrected chi connectivity index (χ4v) is 2.74. The van der Waals surface area contributed by atoms with Crippen molar-refractivity contribution in [3.63, 3.8) is 0 Å². The molecule has 1 amide bonds. The zero-order chi connectivity index (χ0) is 15.9. The number of likely N-dealkylation sites (tertiary alicyclic amines) is 1. The number of aliphatic hydroxyl groups is 2. The van der Waals surface area contributed by atoms with Crippen molar-refractivity contribution in [1.29, 1.82) is 0 Å². The highest BCUT2D eigenvalue weighted by Crippen LogP contribution is 2.20. The van der Waals surface area contributed by atoms with Gasteiger partial charge in [0.1, 0.15) is 24.6 Å². The van der Waals surface area contributed by atoms with Crippen LogP contribution in [0.1, 0.15) is 12.8 Å². The Morgan fingerprint density at radius 3 is 2.50 bits per heavy atom. The summed E-state index contributed by atoms with van der Waals surface area (Å²) in [6, 6.07) is 9.38. The highest BCUT2D eigenvalue weighted by Gasteiger charge is 2.28. The number of carbonyl (C=O) groups is 1. The first-order chi connectivity index (χ1) is 10.6. The minimum absolute atomic E-state index is 0.0774. The molecule has 1 saturated heterocycles. The summed E-state index contributed by atoms with van der Waals surface area (Å²) in [6.07, 6.45) is -0.224. The third-order valence-electron chi connectivity index (χ3n) is 4.02. The van der Waals surface area contributed by atoms with E-state index >= 15 is 0 Å². The van der Waals surface area contributed by atoms with Crippen molar-refractivity contribution in [3.05, 3.63) is 30.3 Å². The van der Waals surface area contributed by atoms with Crippen molar-refractivity contribution < 1.29 is 19.7 Å². The molecule has 22 heavy (non-hydrogen) atoms. The van der Waals surface area contributed by atoms with E-state index in [-0.39, 0.29) is 12.5 Å². The number of amides is 1. The molecule has 4 N–H and O–H groups in total. The first kappa shape index (κ1) is 16.7. The van der Waals surface area contributed by atoms with E-state index in [2.05, 4.69) is 4.90 Å². The van der Waals surface area contributed by atoms with Crippen LogP contribution < -0.4 is 10.5 Å². The average molecular weight is 308 g/mol. The molecule has 1 aliphatic heterocycles. The molecule has 1 aromatic rings. The fourth-order valence-electron chi connectivity index (χ4n) is 2.74. The number of nitrogens with two attached hydrogens (primary N) is 1. The number of piperidine rings is 1. The van der Waals surface area contributed by atoms with Crippen LogP contribution in [0.25, 0.3) is 0 Å². The number of primary amides is 1. The van der Waals surface area contributed by atoms with Crippen LogP contribution in [0.2, 0.25) is 0 Å². The first-order valence-corrected chi connectivity index (χ1v) is 7.62. The summed E-state index contributed by atoms with van der Waals surface area (Å²) in [5, 5.41) is 19.7. The molecule has 0 spiro atoms. The number of aliphatic hydroxyl groups excluding tert-OH is 2. The van der Waals surface area contributed by atoms with Gasteiger partial charge < -0.3 is 25.6 Å². The minimum Gasteiger partial charge on any atom is -0.491 e. The number of hydrogen-bond acceptors (Lipinski definition) is 5. The molecule has 122 valence electrons. The predicted octanol–water partition coefficient (Wildman–Crippen LogP) is -0.0155. The van der Waals surface area contributed by atoms with Gasteiger partial charge in [-0.1, -0.05) is 18.2 Å². The maximum absolute atomic E-state index is 11.0. The van der Waals surface area contributed by atoms with Gasteiger partial charge in [-0.25, -0.2) is 0 Å². The van der Waals surface area contributed by atoms with E-state index in [1.54, 1.807) is 0 Å². The van der Waals surface area contributed by atoms with E-state index < -0.39 is 18.1 Å². The molecule has 0 radical (unpaired) electrons. The summed E-state index contributed by atoms with van der Waals surface area (Å²) >= 11 is 0. The largest absolute Gasteiger partial charge is 0.491 e. The number of hydrogen-bond donors (Lipinski definition) is 3. The Bertz CT molecular complexity index is 460. The maximum atomic E-state index is 11.0. The van der Waals surface area contributed by atoms with Crippen LogP contribution in [0, 0.1) is 5.92 Å². The molecule has 0 bridgehead atoms. The van der Waals surface area contributed by atoms with Crippen LogP contribution in [0.4, 0.5) is 0 Å². The Kier molecular flexibility index (Phi) is 6.18. The summed E-state index contributed by atoms with van der Waals surface area (Å²) < 4.78 is 5.52. The minimum atomic E-state index is -1.06. The molecular formula is C16H24N2O4. The Morgan fingerprint density at radius 2 is 1.91 bits per heavy atom. The first-order valence-electron chi connectivity index (χ1n) is 7.62. The highest BCUT2D eigenvalue weighted by molar-refractivity contribution is 5.78. The second-order valence-corrected chi connectivity index (χ2v) is 5.76. The van der Waals surface area contributed by atoms with E-state index in [4.69, 9.17) is 10.5 Å². The number of benzene rings is 1. The SMILES string of the molecule is NC(=O)[C@@H](O)C1CCN(C[C@@H](O)COc2ccccc2)CC1. The molecule has 1 heterocycles. The van der Waals surface area contributed by atoms with Gasteiger partial charge in [-0.3, -0.25) is 4.79 Å². The molecule has 0 unspecified atom stereocenters. The lowest BCUT2D eigenvalue weighted by atomic mass is 9.91. The number of ether oxygens (including phenoxy) is 1. The number of rotatable bonds is 7. The average Bonchev–Trinajstić information content (AvgIpc) is 2.54. The van der Waals surface area contributed by atoms with Crippen molar-refractivity contribution in [1.82, 2.24) is 4.90 Å². The van der Waals surface area contributed by atoms with Crippen LogP contribution in [0.3, 0.4) is 0 Å². The summed E-state index contributed by atoms with van der Waals surface area (Å²) in [4.78, 5) is 13.1. The van der Waals surface area contributed by atoms with Gasteiger partial charge in [0, 0.05) is 6.54 Å². The molecule has 2 atom stereocenters. The number of para-hydroxylation sites is 1. The molecule has 1 aliphatic rings. The summed E-state index contributed by atoms with van der Waals surface area (Å²) in [6.45, 7) is 2.23. The van der Waals surface area contributed by atoms with Crippen molar-refractivity contribution >= 4 is 5.91 Å². The molecular weight excluding hydrogens is 284 g/mol. The number of β-amino-alcohol motifs (C(OH)–C–C–N with tert-alkyl or cyclic N) is 1. The quantitative estimate of drug-likeness (QED) is 0.658. The highest BCUT2D eigenvalue weighted by atomic mass is 16.5. The van der Waals surface area contributed by atoms with Crippen molar-refractivity contribution in [2.24, 2.45) is 11.7 Å². The van der Waals surface area contributed by atoms with Crippen LogP contribution >= 0.6 is 0 Å². The lowest BCUT2D eigenvalue weighted by Crippen LogP contribution is -2.45. The molecule has 0 saturated carbocycles. The molecule has 0 aliphatic carbocycles. The molecule has 0 aromatic heterocycles. The molecule has 6 nitrogen and oxygen atoms in total. The van der Waals surface area contributed by atoms with E-state index in [9.17, 15) is 15.0 Å². The van der Waals surface area contributed by atoms with Gasteiger partial charge >= 0.3 is 0 Å².